The van der Waals surface area contributed by atoms with Gasteiger partial charge in [-0.3, -0.25) is 0 Å². The Morgan fingerprint density at radius 3 is 2.85 bits per heavy atom. The van der Waals surface area contributed by atoms with Gasteiger partial charge in [0.15, 0.2) is 0 Å². The summed E-state index contributed by atoms with van der Waals surface area (Å²) in [5.41, 5.74) is 0. The van der Waals surface area contributed by atoms with E-state index in [4.69, 9.17) is 0 Å². The maximum Gasteiger partial charge on any atom is 0.146 e. The number of hydrogen-bond donors (Lipinski definition) is 2. The SMILES string of the molecule is CCCNc1ncnc(NC2CCC(SCC)C2)c1Br. The first kappa shape index (κ1) is 15.9. The fraction of sp³-hybridized carbons (Fsp3) is 0.714. The number of thioether (sulfide) groups is 1. The molecule has 2 rings (SSSR count). The van der Waals surface area contributed by atoms with Gasteiger partial charge in [-0.05, 0) is 47.4 Å². The van der Waals surface area contributed by atoms with Gasteiger partial charge in [0.2, 0.25) is 0 Å². The molecular formula is C14H23BrN4S. The summed E-state index contributed by atoms with van der Waals surface area (Å²) in [5, 5.41) is 7.68. The second-order valence-electron chi connectivity index (χ2n) is 5.04. The minimum Gasteiger partial charge on any atom is -0.369 e. The van der Waals surface area contributed by atoms with Crippen molar-refractivity contribution in [1.82, 2.24) is 9.97 Å². The van der Waals surface area contributed by atoms with E-state index in [-0.39, 0.29) is 0 Å². The van der Waals surface area contributed by atoms with E-state index in [2.05, 4.69) is 62.1 Å². The van der Waals surface area contributed by atoms with Crippen LogP contribution in [0.25, 0.3) is 0 Å². The largest absolute Gasteiger partial charge is 0.369 e. The molecular weight excluding hydrogens is 336 g/mol. The Hall–Kier alpha value is -0.490. The van der Waals surface area contributed by atoms with E-state index in [1.807, 2.05) is 0 Å². The minimum atomic E-state index is 0.532. The number of halogens is 1. The summed E-state index contributed by atoms with van der Waals surface area (Å²) in [6.07, 6.45) is 6.47. The van der Waals surface area contributed by atoms with Crippen LogP contribution in [0.4, 0.5) is 11.6 Å². The van der Waals surface area contributed by atoms with Crippen LogP contribution in [-0.2, 0) is 0 Å². The van der Waals surface area contributed by atoms with Crippen molar-refractivity contribution >= 4 is 39.3 Å². The molecule has 0 aromatic carbocycles. The van der Waals surface area contributed by atoms with Crippen LogP contribution in [0.15, 0.2) is 10.8 Å². The van der Waals surface area contributed by atoms with Crippen molar-refractivity contribution in [3.8, 4) is 0 Å². The van der Waals surface area contributed by atoms with Crippen molar-refractivity contribution < 1.29 is 0 Å². The topological polar surface area (TPSA) is 49.8 Å². The standard InChI is InChI=1S/C14H23BrN4S/c1-3-7-16-13-12(15)14(18-9-17-13)19-10-5-6-11(8-10)20-4-2/h9-11H,3-8H2,1-2H3,(H2,16,17,18,19). The molecule has 0 saturated heterocycles. The van der Waals surface area contributed by atoms with Crippen molar-refractivity contribution in [3.63, 3.8) is 0 Å². The first-order chi connectivity index (χ1) is 9.74. The third-order valence-corrected chi connectivity index (χ3v) is 5.44. The van der Waals surface area contributed by atoms with Gasteiger partial charge in [-0.1, -0.05) is 13.8 Å². The molecule has 2 unspecified atom stereocenters. The van der Waals surface area contributed by atoms with Gasteiger partial charge in [-0.2, -0.15) is 11.8 Å². The van der Waals surface area contributed by atoms with Crippen LogP contribution in [0.1, 0.15) is 39.5 Å². The Morgan fingerprint density at radius 2 is 2.10 bits per heavy atom. The van der Waals surface area contributed by atoms with Crippen molar-refractivity contribution in [3.05, 3.63) is 10.8 Å². The molecule has 0 radical (unpaired) electrons. The van der Waals surface area contributed by atoms with E-state index in [1.54, 1.807) is 6.33 Å². The lowest BCUT2D eigenvalue weighted by molar-refractivity contribution is 0.750. The summed E-state index contributed by atoms with van der Waals surface area (Å²) >= 11 is 5.68. The van der Waals surface area contributed by atoms with E-state index in [9.17, 15) is 0 Å². The number of nitrogens with one attached hydrogen (secondary N) is 2. The summed E-state index contributed by atoms with van der Waals surface area (Å²) in [7, 11) is 0. The average Bonchev–Trinajstić information content (AvgIpc) is 2.88. The number of rotatable bonds is 7. The van der Waals surface area contributed by atoms with Crippen LogP contribution in [0, 0.1) is 0 Å². The monoisotopic (exact) mass is 358 g/mol. The molecule has 0 amide bonds. The van der Waals surface area contributed by atoms with Crippen LogP contribution in [0.2, 0.25) is 0 Å². The maximum atomic E-state index is 4.37. The lowest BCUT2D eigenvalue weighted by Gasteiger charge is -2.16. The van der Waals surface area contributed by atoms with E-state index in [1.165, 1.54) is 25.0 Å². The zero-order chi connectivity index (χ0) is 14.4. The summed E-state index contributed by atoms with van der Waals surface area (Å²) in [6, 6.07) is 0.532. The highest BCUT2D eigenvalue weighted by molar-refractivity contribution is 9.10. The molecule has 1 aliphatic carbocycles. The van der Waals surface area contributed by atoms with Crippen molar-refractivity contribution in [1.29, 1.82) is 0 Å². The number of anilines is 2. The first-order valence-electron chi connectivity index (χ1n) is 7.37. The second-order valence-corrected chi connectivity index (χ2v) is 7.41. The third-order valence-electron chi connectivity index (χ3n) is 3.46. The molecule has 1 saturated carbocycles. The molecule has 4 nitrogen and oxygen atoms in total. The normalized spacial score (nSPS) is 21.9. The average molecular weight is 359 g/mol. The fourth-order valence-corrected chi connectivity index (χ4v) is 4.09. The van der Waals surface area contributed by atoms with Crippen LogP contribution in [-0.4, -0.2) is 33.6 Å². The van der Waals surface area contributed by atoms with Crippen molar-refractivity contribution in [2.45, 2.75) is 50.8 Å². The Morgan fingerprint density at radius 1 is 1.30 bits per heavy atom. The lowest BCUT2D eigenvalue weighted by atomic mass is 10.2. The molecule has 0 spiro atoms. The predicted molar refractivity (Wildman–Crippen MR) is 91.7 cm³/mol. The van der Waals surface area contributed by atoms with Gasteiger partial charge in [-0.15, -0.1) is 0 Å². The fourth-order valence-electron chi connectivity index (χ4n) is 2.49. The molecule has 6 heteroatoms. The quantitative estimate of drug-likeness (QED) is 0.766. The molecule has 1 fully saturated rings. The van der Waals surface area contributed by atoms with E-state index < -0.39 is 0 Å². The molecule has 112 valence electrons. The highest BCUT2D eigenvalue weighted by atomic mass is 79.9. The summed E-state index contributed by atoms with van der Waals surface area (Å²) in [4.78, 5) is 8.65. The van der Waals surface area contributed by atoms with Crippen molar-refractivity contribution in [2.24, 2.45) is 0 Å². The van der Waals surface area contributed by atoms with E-state index in [0.717, 1.165) is 34.3 Å². The van der Waals surface area contributed by atoms with Crippen LogP contribution >= 0.6 is 27.7 Å². The molecule has 0 aliphatic heterocycles. The van der Waals surface area contributed by atoms with Gasteiger partial charge in [0.1, 0.15) is 22.4 Å². The number of nitrogens with zero attached hydrogens (tertiary/aromatic N) is 2. The third kappa shape index (κ3) is 4.25. The minimum absolute atomic E-state index is 0.532. The Balaban J connectivity index is 1.96. The second kappa shape index (κ2) is 8.08. The maximum absolute atomic E-state index is 4.37. The van der Waals surface area contributed by atoms with Crippen LogP contribution in [0.5, 0.6) is 0 Å². The molecule has 2 N–H and O–H groups in total. The van der Waals surface area contributed by atoms with E-state index >= 15 is 0 Å². The zero-order valence-electron chi connectivity index (χ0n) is 12.2. The van der Waals surface area contributed by atoms with E-state index in [0.29, 0.717) is 6.04 Å². The smallest absolute Gasteiger partial charge is 0.146 e. The number of aromatic nitrogens is 2. The van der Waals surface area contributed by atoms with Gasteiger partial charge in [0, 0.05) is 17.8 Å². The van der Waals surface area contributed by atoms with Gasteiger partial charge >= 0.3 is 0 Å². The summed E-state index contributed by atoms with van der Waals surface area (Å²) in [6.45, 7) is 5.30. The molecule has 1 aromatic rings. The van der Waals surface area contributed by atoms with Gasteiger partial charge in [-0.25, -0.2) is 9.97 Å². The predicted octanol–water partition coefficient (Wildman–Crippen LogP) is 4.15. The van der Waals surface area contributed by atoms with Crippen LogP contribution in [0.3, 0.4) is 0 Å². The van der Waals surface area contributed by atoms with Gasteiger partial charge < -0.3 is 10.6 Å². The molecule has 1 heterocycles. The summed E-state index contributed by atoms with van der Waals surface area (Å²) < 4.78 is 0.944. The molecule has 0 bridgehead atoms. The molecule has 20 heavy (non-hydrogen) atoms. The summed E-state index contributed by atoms with van der Waals surface area (Å²) in [5.74, 6) is 2.99. The molecule has 1 aromatic heterocycles. The van der Waals surface area contributed by atoms with Crippen LogP contribution < -0.4 is 10.6 Å². The Kier molecular flexibility index (Phi) is 6.42. The van der Waals surface area contributed by atoms with Crippen molar-refractivity contribution in [2.75, 3.05) is 22.9 Å². The Bertz CT molecular complexity index is 430. The number of hydrogen-bond acceptors (Lipinski definition) is 5. The zero-order valence-corrected chi connectivity index (χ0v) is 14.6. The Labute approximate surface area is 134 Å². The highest BCUT2D eigenvalue weighted by Crippen LogP contribution is 2.33. The molecule has 2 atom stereocenters. The van der Waals surface area contributed by atoms with Gasteiger partial charge in [0.25, 0.3) is 0 Å². The molecule has 1 aliphatic rings. The lowest BCUT2D eigenvalue weighted by Crippen LogP contribution is -2.18. The van der Waals surface area contributed by atoms with Gasteiger partial charge in [0.05, 0.1) is 0 Å². The first-order valence-corrected chi connectivity index (χ1v) is 9.21. The highest BCUT2D eigenvalue weighted by Gasteiger charge is 2.25.